The third kappa shape index (κ3) is 2.38. The summed E-state index contributed by atoms with van der Waals surface area (Å²) in [6.45, 7) is 0.921. The topological polar surface area (TPSA) is 12.0 Å². The SMILES string of the molecule is Fc1cccc(CC2CCCN2)c1C(F)F. The van der Waals surface area contributed by atoms with Crippen molar-refractivity contribution in [2.75, 3.05) is 6.54 Å². The molecular formula is C12H14F3N. The lowest BCUT2D eigenvalue weighted by molar-refractivity contribution is 0.145. The van der Waals surface area contributed by atoms with Crippen molar-refractivity contribution in [1.82, 2.24) is 5.32 Å². The molecule has 1 atom stereocenters. The van der Waals surface area contributed by atoms with E-state index in [9.17, 15) is 13.2 Å². The van der Waals surface area contributed by atoms with E-state index in [1.54, 1.807) is 6.07 Å². The van der Waals surface area contributed by atoms with Gasteiger partial charge in [0.25, 0.3) is 6.43 Å². The molecule has 1 unspecified atom stereocenters. The maximum absolute atomic E-state index is 13.3. The molecule has 1 heterocycles. The molecule has 0 aromatic heterocycles. The zero-order chi connectivity index (χ0) is 11.5. The van der Waals surface area contributed by atoms with Crippen LogP contribution in [0.2, 0.25) is 0 Å². The Morgan fingerprint density at radius 1 is 1.38 bits per heavy atom. The van der Waals surface area contributed by atoms with Gasteiger partial charge < -0.3 is 5.32 Å². The Morgan fingerprint density at radius 3 is 2.81 bits per heavy atom. The molecule has 1 aliphatic rings. The molecule has 1 aliphatic heterocycles. The molecular weight excluding hydrogens is 215 g/mol. The smallest absolute Gasteiger partial charge is 0.266 e. The van der Waals surface area contributed by atoms with Crippen molar-refractivity contribution in [3.8, 4) is 0 Å². The molecule has 0 spiro atoms. The van der Waals surface area contributed by atoms with Crippen LogP contribution in [-0.4, -0.2) is 12.6 Å². The highest BCUT2D eigenvalue weighted by molar-refractivity contribution is 5.30. The van der Waals surface area contributed by atoms with Crippen LogP contribution in [0.15, 0.2) is 18.2 Å². The fourth-order valence-electron chi connectivity index (χ4n) is 2.20. The van der Waals surface area contributed by atoms with Crippen molar-refractivity contribution < 1.29 is 13.2 Å². The second kappa shape index (κ2) is 4.87. The summed E-state index contributed by atoms with van der Waals surface area (Å²) >= 11 is 0. The van der Waals surface area contributed by atoms with Crippen LogP contribution in [0, 0.1) is 5.82 Å². The van der Waals surface area contributed by atoms with E-state index in [0.29, 0.717) is 12.0 Å². The minimum absolute atomic E-state index is 0.208. The Kier molecular flexibility index (Phi) is 3.49. The summed E-state index contributed by atoms with van der Waals surface area (Å²) < 4.78 is 38.7. The van der Waals surface area contributed by atoms with Gasteiger partial charge in [-0.1, -0.05) is 12.1 Å². The van der Waals surface area contributed by atoms with E-state index >= 15 is 0 Å². The van der Waals surface area contributed by atoms with Crippen LogP contribution in [0.25, 0.3) is 0 Å². The van der Waals surface area contributed by atoms with Crippen LogP contribution in [-0.2, 0) is 6.42 Å². The van der Waals surface area contributed by atoms with Gasteiger partial charge in [0, 0.05) is 6.04 Å². The van der Waals surface area contributed by atoms with E-state index in [1.165, 1.54) is 6.07 Å². The van der Waals surface area contributed by atoms with Gasteiger partial charge in [-0.25, -0.2) is 13.2 Å². The number of hydrogen-bond donors (Lipinski definition) is 1. The molecule has 0 aliphatic carbocycles. The first-order valence-electron chi connectivity index (χ1n) is 5.47. The average molecular weight is 229 g/mol. The molecule has 1 saturated heterocycles. The number of hydrogen-bond acceptors (Lipinski definition) is 1. The molecule has 0 saturated carbocycles. The van der Waals surface area contributed by atoms with Gasteiger partial charge in [0.2, 0.25) is 0 Å². The van der Waals surface area contributed by atoms with Gasteiger partial charge in [-0.05, 0) is 37.4 Å². The van der Waals surface area contributed by atoms with Gasteiger partial charge in [-0.3, -0.25) is 0 Å². The lowest BCUT2D eigenvalue weighted by Crippen LogP contribution is -2.24. The lowest BCUT2D eigenvalue weighted by atomic mass is 9.99. The van der Waals surface area contributed by atoms with E-state index in [2.05, 4.69) is 5.32 Å². The Bertz CT molecular complexity index is 359. The summed E-state index contributed by atoms with van der Waals surface area (Å²) in [5.41, 5.74) is -0.00870. The zero-order valence-corrected chi connectivity index (χ0v) is 8.85. The van der Waals surface area contributed by atoms with Crippen molar-refractivity contribution >= 4 is 0 Å². The molecule has 1 aromatic rings. The van der Waals surface area contributed by atoms with Crippen LogP contribution in [0.3, 0.4) is 0 Å². The zero-order valence-electron chi connectivity index (χ0n) is 8.85. The molecule has 16 heavy (non-hydrogen) atoms. The predicted octanol–water partition coefficient (Wildman–Crippen LogP) is 3.06. The highest BCUT2D eigenvalue weighted by Crippen LogP contribution is 2.27. The van der Waals surface area contributed by atoms with Crippen LogP contribution in [0.4, 0.5) is 13.2 Å². The molecule has 1 fully saturated rings. The second-order valence-corrected chi connectivity index (χ2v) is 4.11. The normalized spacial score (nSPS) is 20.6. The molecule has 0 amide bonds. The highest BCUT2D eigenvalue weighted by atomic mass is 19.3. The van der Waals surface area contributed by atoms with Crippen molar-refractivity contribution in [3.63, 3.8) is 0 Å². The molecule has 0 bridgehead atoms. The first kappa shape index (κ1) is 11.5. The number of halogens is 3. The summed E-state index contributed by atoms with van der Waals surface area (Å²) in [4.78, 5) is 0. The molecule has 4 heteroatoms. The molecule has 88 valence electrons. The number of alkyl halides is 2. The fraction of sp³-hybridized carbons (Fsp3) is 0.500. The molecule has 1 aromatic carbocycles. The average Bonchev–Trinajstić information content (AvgIpc) is 2.70. The Balaban J connectivity index is 2.21. The molecule has 1 nitrogen and oxygen atoms in total. The third-order valence-electron chi connectivity index (χ3n) is 2.99. The maximum Gasteiger partial charge on any atom is 0.266 e. The summed E-state index contributed by atoms with van der Waals surface area (Å²) in [6.07, 6.45) is -0.224. The van der Waals surface area contributed by atoms with Gasteiger partial charge in [-0.2, -0.15) is 0 Å². The largest absolute Gasteiger partial charge is 0.314 e. The molecule has 1 N–H and O–H groups in total. The minimum Gasteiger partial charge on any atom is -0.314 e. The third-order valence-corrected chi connectivity index (χ3v) is 2.99. The molecule has 2 rings (SSSR count). The standard InChI is InChI=1S/C12H14F3N/c13-10-5-1-3-8(11(10)12(14)15)7-9-4-2-6-16-9/h1,3,5,9,12,16H,2,4,6-7H2. The van der Waals surface area contributed by atoms with Crippen molar-refractivity contribution in [1.29, 1.82) is 0 Å². The van der Waals surface area contributed by atoms with Gasteiger partial charge in [0.1, 0.15) is 5.82 Å². The van der Waals surface area contributed by atoms with Crippen LogP contribution in [0.5, 0.6) is 0 Å². The van der Waals surface area contributed by atoms with Crippen molar-refractivity contribution in [3.05, 3.63) is 35.1 Å². The van der Waals surface area contributed by atoms with Gasteiger partial charge in [-0.15, -0.1) is 0 Å². The quantitative estimate of drug-likeness (QED) is 0.840. The summed E-state index contributed by atoms with van der Waals surface area (Å²) in [5.74, 6) is -0.800. The van der Waals surface area contributed by atoms with Gasteiger partial charge in [0.05, 0.1) is 5.56 Å². The Hall–Kier alpha value is -1.03. The van der Waals surface area contributed by atoms with Gasteiger partial charge in [0.15, 0.2) is 0 Å². The number of rotatable bonds is 3. The second-order valence-electron chi connectivity index (χ2n) is 4.11. The first-order chi connectivity index (χ1) is 7.68. The lowest BCUT2D eigenvalue weighted by Gasteiger charge is -2.14. The van der Waals surface area contributed by atoms with E-state index in [0.717, 1.165) is 25.5 Å². The first-order valence-corrected chi connectivity index (χ1v) is 5.47. The number of benzene rings is 1. The van der Waals surface area contributed by atoms with E-state index in [1.807, 2.05) is 0 Å². The monoisotopic (exact) mass is 229 g/mol. The summed E-state index contributed by atoms with van der Waals surface area (Å²) in [7, 11) is 0. The van der Waals surface area contributed by atoms with E-state index in [-0.39, 0.29) is 6.04 Å². The van der Waals surface area contributed by atoms with Crippen LogP contribution in [0.1, 0.15) is 30.4 Å². The molecule has 0 radical (unpaired) electrons. The maximum atomic E-state index is 13.3. The predicted molar refractivity (Wildman–Crippen MR) is 56.1 cm³/mol. The van der Waals surface area contributed by atoms with Gasteiger partial charge >= 0.3 is 0 Å². The highest BCUT2D eigenvalue weighted by Gasteiger charge is 2.21. The van der Waals surface area contributed by atoms with Crippen molar-refractivity contribution in [2.45, 2.75) is 31.7 Å². The minimum atomic E-state index is -2.74. The van der Waals surface area contributed by atoms with Crippen molar-refractivity contribution in [2.24, 2.45) is 0 Å². The van der Waals surface area contributed by atoms with E-state index in [4.69, 9.17) is 0 Å². The Morgan fingerprint density at radius 2 is 2.19 bits per heavy atom. The van der Waals surface area contributed by atoms with E-state index < -0.39 is 17.8 Å². The fourth-order valence-corrected chi connectivity index (χ4v) is 2.20. The summed E-state index contributed by atoms with van der Waals surface area (Å²) in [5, 5.41) is 3.22. The Labute approximate surface area is 92.7 Å². The summed E-state index contributed by atoms with van der Waals surface area (Å²) in [6, 6.07) is 4.38. The number of nitrogens with one attached hydrogen (secondary N) is 1. The van der Waals surface area contributed by atoms with Crippen LogP contribution >= 0.6 is 0 Å². The van der Waals surface area contributed by atoms with Crippen LogP contribution < -0.4 is 5.32 Å².